The zero-order valence-electron chi connectivity index (χ0n) is 14.4. The number of carbonyl (C=O) groups is 2. The maximum Gasteiger partial charge on any atom is 0.405 e. The van der Waals surface area contributed by atoms with E-state index in [1.165, 1.54) is 6.20 Å². The summed E-state index contributed by atoms with van der Waals surface area (Å²) in [7, 11) is 0. The lowest BCUT2D eigenvalue weighted by molar-refractivity contribution is -0.118. The lowest BCUT2D eigenvalue weighted by Crippen LogP contribution is -2.44. The van der Waals surface area contributed by atoms with Crippen LogP contribution in [0.5, 0.6) is 0 Å². The van der Waals surface area contributed by atoms with Crippen LogP contribution in [0, 0.1) is 0 Å². The van der Waals surface area contributed by atoms with Crippen molar-refractivity contribution >= 4 is 17.7 Å². The summed E-state index contributed by atoms with van der Waals surface area (Å²) in [5.41, 5.74) is 3.01. The summed E-state index contributed by atoms with van der Waals surface area (Å²) < 4.78 is 0. The lowest BCUT2D eigenvalue weighted by Gasteiger charge is -2.17. The fourth-order valence-corrected chi connectivity index (χ4v) is 2.60. The topological polar surface area (TPSA) is 104 Å². The van der Waals surface area contributed by atoms with E-state index in [2.05, 4.69) is 20.6 Å². The normalized spacial score (nSPS) is 11.4. The standard InChI is InChI=1S/C20H18N4O3/c25-19(18(24-20(26)27)12-14-4-2-1-3-5-14)23-16-6-7-17(22-13-16)15-8-10-21-11-9-15/h1-11,13,18,24H,12H2,(H,23,25)(H,26,27)/t18-/m1/s1. The SMILES string of the molecule is O=C(O)N[C@H](Cc1ccccc1)C(=O)Nc1ccc(-c2ccncc2)nc1. The second-order valence-corrected chi connectivity index (χ2v) is 5.85. The number of carboxylic acid groups (broad SMARTS) is 1. The van der Waals surface area contributed by atoms with Crippen LogP contribution in [0.3, 0.4) is 0 Å². The smallest absolute Gasteiger partial charge is 0.405 e. The van der Waals surface area contributed by atoms with Gasteiger partial charge in [-0.2, -0.15) is 0 Å². The third-order valence-electron chi connectivity index (χ3n) is 3.90. The molecule has 1 atom stereocenters. The molecule has 2 heterocycles. The molecule has 0 aliphatic heterocycles. The van der Waals surface area contributed by atoms with Gasteiger partial charge in [0.05, 0.1) is 17.6 Å². The Balaban J connectivity index is 1.70. The quantitative estimate of drug-likeness (QED) is 0.625. The first-order valence-corrected chi connectivity index (χ1v) is 8.32. The molecule has 0 aliphatic rings. The van der Waals surface area contributed by atoms with E-state index in [0.29, 0.717) is 5.69 Å². The van der Waals surface area contributed by atoms with Gasteiger partial charge in [0, 0.05) is 24.4 Å². The number of pyridine rings is 2. The summed E-state index contributed by atoms with van der Waals surface area (Å²) in [6.07, 6.45) is 3.89. The second kappa shape index (κ2) is 8.57. The Labute approximate surface area is 156 Å². The van der Waals surface area contributed by atoms with Crippen molar-refractivity contribution in [3.05, 3.63) is 78.8 Å². The van der Waals surface area contributed by atoms with E-state index >= 15 is 0 Å². The summed E-state index contributed by atoms with van der Waals surface area (Å²) in [5, 5.41) is 14.0. The Morgan fingerprint density at radius 2 is 1.74 bits per heavy atom. The van der Waals surface area contributed by atoms with Crippen molar-refractivity contribution in [1.82, 2.24) is 15.3 Å². The molecule has 27 heavy (non-hydrogen) atoms. The monoisotopic (exact) mass is 362 g/mol. The zero-order valence-corrected chi connectivity index (χ0v) is 14.4. The van der Waals surface area contributed by atoms with Crippen molar-refractivity contribution < 1.29 is 14.7 Å². The van der Waals surface area contributed by atoms with Crippen LogP contribution < -0.4 is 10.6 Å². The summed E-state index contributed by atoms with van der Waals surface area (Å²) in [6, 6.07) is 15.5. The average Bonchev–Trinajstić information content (AvgIpc) is 2.69. The molecule has 3 rings (SSSR count). The van der Waals surface area contributed by atoms with E-state index in [1.54, 1.807) is 24.5 Å². The number of carbonyl (C=O) groups excluding carboxylic acids is 1. The number of rotatable bonds is 6. The zero-order chi connectivity index (χ0) is 19.1. The first-order chi connectivity index (χ1) is 13.1. The van der Waals surface area contributed by atoms with Crippen LogP contribution in [0.1, 0.15) is 5.56 Å². The van der Waals surface area contributed by atoms with Crippen LogP contribution in [0.4, 0.5) is 10.5 Å². The maximum absolute atomic E-state index is 12.5. The van der Waals surface area contributed by atoms with E-state index in [9.17, 15) is 9.59 Å². The van der Waals surface area contributed by atoms with Crippen molar-refractivity contribution in [3.8, 4) is 11.3 Å². The lowest BCUT2D eigenvalue weighted by atomic mass is 10.1. The minimum atomic E-state index is -1.25. The molecular weight excluding hydrogens is 344 g/mol. The van der Waals surface area contributed by atoms with Crippen LogP contribution in [-0.2, 0) is 11.2 Å². The summed E-state index contributed by atoms with van der Waals surface area (Å²) in [5.74, 6) is -0.445. The predicted octanol–water partition coefficient (Wildman–Crippen LogP) is 2.96. The van der Waals surface area contributed by atoms with Gasteiger partial charge in [0.2, 0.25) is 5.91 Å². The molecule has 0 saturated heterocycles. The number of anilines is 1. The van der Waals surface area contributed by atoms with Gasteiger partial charge in [-0.25, -0.2) is 4.79 Å². The first kappa shape index (κ1) is 18.1. The number of aromatic nitrogens is 2. The van der Waals surface area contributed by atoms with Gasteiger partial charge in [-0.3, -0.25) is 14.8 Å². The highest BCUT2D eigenvalue weighted by molar-refractivity contribution is 5.96. The van der Waals surface area contributed by atoms with Gasteiger partial charge < -0.3 is 15.7 Å². The van der Waals surface area contributed by atoms with Crippen LogP contribution in [0.25, 0.3) is 11.3 Å². The van der Waals surface area contributed by atoms with Crippen molar-refractivity contribution in [3.63, 3.8) is 0 Å². The summed E-state index contributed by atoms with van der Waals surface area (Å²) in [4.78, 5) is 31.9. The Morgan fingerprint density at radius 3 is 2.37 bits per heavy atom. The molecule has 0 aliphatic carbocycles. The molecule has 3 aromatic rings. The molecular formula is C20H18N4O3. The number of hydrogen-bond donors (Lipinski definition) is 3. The van der Waals surface area contributed by atoms with Gasteiger partial charge in [0.1, 0.15) is 6.04 Å². The van der Waals surface area contributed by atoms with E-state index in [4.69, 9.17) is 5.11 Å². The molecule has 3 N–H and O–H groups in total. The molecule has 1 aromatic carbocycles. The van der Waals surface area contributed by atoms with Crippen molar-refractivity contribution in [2.75, 3.05) is 5.32 Å². The molecule has 2 aromatic heterocycles. The number of nitrogens with one attached hydrogen (secondary N) is 2. The predicted molar refractivity (Wildman–Crippen MR) is 101 cm³/mol. The molecule has 0 spiro atoms. The Morgan fingerprint density at radius 1 is 1.00 bits per heavy atom. The van der Waals surface area contributed by atoms with Crippen LogP contribution >= 0.6 is 0 Å². The Hall–Kier alpha value is -3.74. The molecule has 0 bridgehead atoms. The Kier molecular flexibility index (Phi) is 5.73. The van der Waals surface area contributed by atoms with Gasteiger partial charge >= 0.3 is 6.09 Å². The highest BCUT2D eigenvalue weighted by Gasteiger charge is 2.21. The number of amides is 2. The molecule has 2 amide bonds. The second-order valence-electron chi connectivity index (χ2n) is 5.85. The fourth-order valence-electron chi connectivity index (χ4n) is 2.60. The van der Waals surface area contributed by atoms with Crippen molar-refractivity contribution in [1.29, 1.82) is 0 Å². The first-order valence-electron chi connectivity index (χ1n) is 8.32. The fraction of sp³-hybridized carbons (Fsp3) is 0.100. The van der Waals surface area contributed by atoms with Crippen molar-refractivity contribution in [2.45, 2.75) is 12.5 Å². The maximum atomic E-state index is 12.5. The highest BCUT2D eigenvalue weighted by Crippen LogP contribution is 2.17. The summed E-state index contributed by atoms with van der Waals surface area (Å²) >= 11 is 0. The molecule has 7 nitrogen and oxygen atoms in total. The minimum absolute atomic E-state index is 0.251. The van der Waals surface area contributed by atoms with Gasteiger partial charge in [-0.15, -0.1) is 0 Å². The molecule has 7 heteroatoms. The van der Waals surface area contributed by atoms with E-state index < -0.39 is 18.0 Å². The highest BCUT2D eigenvalue weighted by atomic mass is 16.4. The van der Waals surface area contributed by atoms with Crippen LogP contribution in [0.2, 0.25) is 0 Å². The van der Waals surface area contributed by atoms with E-state index in [-0.39, 0.29) is 6.42 Å². The molecule has 0 saturated carbocycles. The molecule has 0 fully saturated rings. The summed E-state index contributed by atoms with van der Waals surface area (Å²) in [6.45, 7) is 0. The number of nitrogens with zero attached hydrogens (tertiary/aromatic N) is 2. The van der Waals surface area contributed by atoms with Gasteiger partial charge in [-0.05, 0) is 29.8 Å². The van der Waals surface area contributed by atoms with Crippen LogP contribution in [-0.4, -0.2) is 33.1 Å². The van der Waals surface area contributed by atoms with Crippen LogP contribution in [0.15, 0.2) is 73.2 Å². The van der Waals surface area contributed by atoms with Crippen molar-refractivity contribution in [2.24, 2.45) is 0 Å². The Bertz CT molecular complexity index is 900. The number of benzene rings is 1. The van der Waals surface area contributed by atoms with Gasteiger partial charge in [-0.1, -0.05) is 30.3 Å². The molecule has 0 unspecified atom stereocenters. The van der Waals surface area contributed by atoms with Gasteiger partial charge in [0.25, 0.3) is 0 Å². The third kappa shape index (κ3) is 5.12. The van der Waals surface area contributed by atoms with Gasteiger partial charge in [0.15, 0.2) is 0 Å². The molecule has 0 radical (unpaired) electrons. The molecule has 136 valence electrons. The largest absolute Gasteiger partial charge is 0.465 e. The number of hydrogen-bond acceptors (Lipinski definition) is 4. The average molecular weight is 362 g/mol. The van der Waals surface area contributed by atoms with E-state index in [1.807, 2.05) is 42.5 Å². The minimum Gasteiger partial charge on any atom is -0.465 e. The van der Waals surface area contributed by atoms with E-state index in [0.717, 1.165) is 16.8 Å². The third-order valence-corrected chi connectivity index (χ3v) is 3.90.